The molecule has 10 heteroatoms. The highest BCUT2D eigenvalue weighted by atomic mass is 32.2. The second-order valence-electron chi connectivity index (χ2n) is 6.52. The van der Waals surface area contributed by atoms with E-state index in [1.54, 1.807) is 10.7 Å². The van der Waals surface area contributed by atoms with Gasteiger partial charge in [-0.25, -0.2) is 13.1 Å². The maximum atomic E-state index is 12.6. The number of hydrogen-bond acceptors (Lipinski definition) is 7. The van der Waals surface area contributed by atoms with Crippen molar-refractivity contribution < 1.29 is 22.7 Å². The molecular formula is C17H20N4O5S. The molecule has 2 aromatic rings. The zero-order valence-corrected chi connectivity index (χ0v) is 15.4. The third-order valence-corrected chi connectivity index (χ3v) is 5.89. The summed E-state index contributed by atoms with van der Waals surface area (Å²) in [5.74, 6) is 0.0241. The molecule has 9 nitrogen and oxygen atoms in total. The van der Waals surface area contributed by atoms with Crippen LogP contribution in [-0.2, 0) is 16.6 Å². The number of aromatic nitrogens is 2. The summed E-state index contributed by atoms with van der Waals surface area (Å²) < 4.78 is 39.9. The Labute approximate surface area is 156 Å². The lowest BCUT2D eigenvalue weighted by Crippen LogP contribution is -2.31. The minimum Gasteiger partial charge on any atom is -0.490 e. The number of nitrogens with two attached hydrogens (primary N) is 1. The normalized spacial score (nSPS) is 19.1. The van der Waals surface area contributed by atoms with Crippen LogP contribution in [0.4, 0.5) is 0 Å². The third kappa shape index (κ3) is 3.50. The number of fused-ring (bicyclic) bond motifs is 2. The first-order chi connectivity index (χ1) is 12.9. The number of nitrogens with zero attached hydrogens (tertiary/aromatic N) is 2. The van der Waals surface area contributed by atoms with Crippen molar-refractivity contribution >= 4 is 15.9 Å². The Hall–Kier alpha value is -2.59. The summed E-state index contributed by atoms with van der Waals surface area (Å²) in [6, 6.07) is 5.59. The Bertz CT molecular complexity index is 985. The summed E-state index contributed by atoms with van der Waals surface area (Å²) in [5.41, 5.74) is 6.78. The molecule has 0 bridgehead atoms. The van der Waals surface area contributed by atoms with Gasteiger partial charge < -0.3 is 15.2 Å². The topological polar surface area (TPSA) is 126 Å². The number of carbonyl (C=O) groups excluding carboxylic acids is 1. The van der Waals surface area contributed by atoms with Gasteiger partial charge in [0.2, 0.25) is 0 Å². The van der Waals surface area contributed by atoms with Crippen LogP contribution in [0.25, 0.3) is 0 Å². The van der Waals surface area contributed by atoms with Crippen molar-refractivity contribution in [3.8, 4) is 11.5 Å². The minimum absolute atomic E-state index is 0.0280. The Morgan fingerprint density at radius 1 is 1.19 bits per heavy atom. The summed E-state index contributed by atoms with van der Waals surface area (Å²) in [7, 11) is -4.08. The monoisotopic (exact) mass is 392 g/mol. The van der Waals surface area contributed by atoms with Crippen molar-refractivity contribution in [1.82, 2.24) is 14.5 Å². The SMILES string of the molecule is NC1CCCn2nc(C(=O)NS(=O)(=O)c3ccc4c(c3)OCCCO4)cc21. The van der Waals surface area contributed by atoms with Crippen LogP contribution in [-0.4, -0.2) is 37.3 Å². The van der Waals surface area contributed by atoms with Crippen molar-refractivity contribution in [2.24, 2.45) is 5.73 Å². The minimum atomic E-state index is -4.08. The molecule has 4 rings (SSSR count). The Kier molecular flexibility index (Phi) is 4.52. The fraction of sp³-hybridized carbons (Fsp3) is 0.412. The zero-order valence-electron chi connectivity index (χ0n) is 14.6. The summed E-state index contributed by atoms with van der Waals surface area (Å²) in [4.78, 5) is 12.4. The Morgan fingerprint density at radius 2 is 1.96 bits per heavy atom. The number of carbonyl (C=O) groups is 1. The fourth-order valence-electron chi connectivity index (χ4n) is 3.17. The van der Waals surface area contributed by atoms with Gasteiger partial charge in [0, 0.05) is 25.1 Å². The van der Waals surface area contributed by atoms with Crippen molar-refractivity contribution in [3.63, 3.8) is 0 Å². The molecule has 1 unspecified atom stereocenters. The first-order valence-electron chi connectivity index (χ1n) is 8.74. The average molecular weight is 392 g/mol. The number of benzene rings is 1. The number of nitrogens with one attached hydrogen (secondary N) is 1. The van der Waals surface area contributed by atoms with Crippen LogP contribution in [0.15, 0.2) is 29.2 Å². The third-order valence-electron chi connectivity index (χ3n) is 4.57. The van der Waals surface area contributed by atoms with E-state index < -0.39 is 15.9 Å². The highest BCUT2D eigenvalue weighted by molar-refractivity contribution is 7.90. The number of amides is 1. The molecule has 2 aliphatic rings. The average Bonchev–Trinajstić information content (AvgIpc) is 2.94. The lowest BCUT2D eigenvalue weighted by Gasteiger charge is -2.19. The first-order valence-corrected chi connectivity index (χ1v) is 10.2. The van der Waals surface area contributed by atoms with Gasteiger partial charge >= 0.3 is 0 Å². The lowest BCUT2D eigenvalue weighted by molar-refractivity contribution is 0.0975. The van der Waals surface area contributed by atoms with Gasteiger partial charge in [-0.1, -0.05) is 0 Å². The molecule has 3 heterocycles. The fourth-order valence-corrected chi connectivity index (χ4v) is 4.15. The molecule has 1 aromatic heterocycles. The standard InChI is InChI=1S/C17H20N4O5S/c18-12-3-1-6-21-14(12)10-13(19-21)17(22)20-27(23,24)11-4-5-15-16(9-11)26-8-2-7-25-15/h4-5,9-10,12H,1-3,6-8,18H2,(H,20,22). The molecule has 0 aliphatic carbocycles. The highest BCUT2D eigenvalue weighted by Crippen LogP contribution is 2.32. The maximum absolute atomic E-state index is 12.6. The van der Waals surface area contributed by atoms with E-state index in [0.29, 0.717) is 37.7 Å². The molecule has 144 valence electrons. The maximum Gasteiger partial charge on any atom is 0.285 e. The predicted molar refractivity (Wildman–Crippen MR) is 95.1 cm³/mol. The van der Waals surface area contributed by atoms with Crippen molar-refractivity contribution in [3.05, 3.63) is 35.7 Å². The molecule has 1 aromatic carbocycles. The van der Waals surface area contributed by atoms with Gasteiger partial charge in [0.1, 0.15) is 0 Å². The second-order valence-corrected chi connectivity index (χ2v) is 8.20. The van der Waals surface area contributed by atoms with Gasteiger partial charge in [-0.3, -0.25) is 9.48 Å². The summed E-state index contributed by atoms with van der Waals surface area (Å²) in [6.45, 7) is 1.59. The van der Waals surface area contributed by atoms with Crippen LogP contribution in [0.2, 0.25) is 0 Å². The number of aryl methyl sites for hydroxylation is 1. The van der Waals surface area contributed by atoms with Crippen LogP contribution in [0, 0.1) is 0 Å². The van der Waals surface area contributed by atoms with Crippen LogP contribution >= 0.6 is 0 Å². The van der Waals surface area contributed by atoms with E-state index in [0.717, 1.165) is 18.5 Å². The lowest BCUT2D eigenvalue weighted by atomic mass is 10.1. The quantitative estimate of drug-likeness (QED) is 0.797. The van der Waals surface area contributed by atoms with Crippen LogP contribution in [0.5, 0.6) is 11.5 Å². The molecule has 1 atom stereocenters. The molecule has 3 N–H and O–H groups in total. The Morgan fingerprint density at radius 3 is 2.74 bits per heavy atom. The summed E-state index contributed by atoms with van der Waals surface area (Å²) in [5, 5.41) is 4.18. The van der Waals surface area contributed by atoms with Gasteiger partial charge in [-0.2, -0.15) is 5.10 Å². The van der Waals surface area contributed by atoms with E-state index in [1.165, 1.54) is 18.2 Å². The van der Waals surface area contributed by atoms with Gasteiger partial charge in [0.25, 0.3) is 15.9 Å². The molecule has 0 radical (unpaired) electrons. The van der Waals surface area contributed by atoms with E-state index in [1.807, 2.05) is 0 Å². The van der Waals surface area contributed by atoms with E-state index in [9.17, 15) is 13.2 Å². The molecule has 27 heavy (non-hydrogen) atoms. The molecule has 0 saturated heterocycles. The van der Waals surface area contributed by atoms with Crippen molar-refractivity contribution in [1.29, 1.82) is 0 Å². The van der Waals surface area contributed by atoms with Gasteiger partial charge in [-0.05, 0) is 31.0 Å². The molecule has 2 aliphatic heterocycles. The first kappa shape index (κ1) is 17.8. The summed E-state index contributed by atoms with van der Waals surface area (Å²) >= 11 is 0. The van der Waals surface area contributed by atoms with E-state index in [-0.39, 0.29) is 16.6 Å². The molecule has 0 saturated carbocycles. The highest BCUT2D eigenvalue weighted by Gasteiger charge is 2.26. The number of hydrogen-bond donors (Lipinski definition) is 2. The molecule has 0 spiro atoms. The smallest absolute Gasteiger partial charge is 0.285 e. The van der Waals surface area contributed by atoms with Gasteiger partial charge in [0.05, 0.1) is 23.8 Å². The van der Waals surface area contributed by atoms with Crippen molar-refractivity contribution in [2.75, 3.05) is 13.2 Å². The number of sulfonamides is 1. The number of ether oxygens (including phenoxy) is 2. The molecule has 1 amide bonds. The van der Waals surface area contributed by atoms with Gasteiger partial charge in [0.15, 0.2) is 17.2 Å². The largest absolute Gasteiger partial charge is 0.490 e. The van der Waals surface area contributed by atoms with Gasteiger partial charge in [-0.15, -0.1) is 0 Å². The van der Waals surface area contributed by atoms with Crippen molar-refractivity contribution in [2.45, 2.75) is 36.7 Å². The molecule has 0 fully saturated rings. The van der Waals surface area contributed by atoms with E-state index >= 15 is 0 Å². The zero-order chi connectivity index (χ0) is 19.0. The van der Waals surface area contributed by atoms with E-state index in [2.05, 4.69) is 9.82 Å². The van der Waals surface area contributed by atoms with Crippen LogP contribution < -0.4 is 19.9 Å². The second kappa shape index (κ2) is 6.86. The predicted octanol–water partition coefficient (Wildman–Crippen LogP) is 0.957. The number of rotatable bonds is 3. The van der Waals surface area contributed by atoms with Crippen LogP contribution in [0.3, 0.4) is 0 Å². The van der Waals surface area contributed by atoms with E-state index in [4.69, 9.17) is 15.2 Å². The Balaban J connectivity index is 1.56. The molecular weight excluding hydrogens is 372 g/mol. The summed E-state index contributed by atoms with van der Waals surface area (Å²) in [6.07, 6.45) is 2.38. The van der Waals surface area contributed by atoms with Crippen LogP contribution in [0.1, 0.15) is 41.5 Å².